The number of hydrogen-bond acceptors (Lipinski definition) is 2. The molecule has 0 radical (unpaired) electrons. The summed E-state index contributed by atoms with van der Waals surface area (Å²) in [7, 11) is 0. The molecule has 2 heteroatoms. The van der Waals surface area contributed by atoms with Crippen molar-refractivity contribution in [2.45, 2.75) is 45.3 Å². The topological polar surface area (TPSA) is 24.1 Å². The molecular weight excluding hydrogens is 172 g/mol. The van der Waals surface area contributed by atoms with E-state index in [4.69, 9.17) is 12.8 Å². The Labute approximate surface area is 87.9 Å². The van der Waals surface area contributed by atoms with Crippen molar-refractivity contribution >= 4 is 0 Å². The van der Waals surface area contributed by atoms with Crippen LogP contribution >= 0.6 is 0 Å². The molecule has 0 aromatic heterocycles. The van der Waals surface area contributed by atoms with E-state index in [-0.39, 0.29) is 6.04 Å². The maximum Gasteiger partial charge on any atom is 0.0703 e. The largest absolute Gasteiger partial charge is 0.304 e. The smallest absolute Gasteiger partial charge is 0.0703 e. The van der Waals surface area contributed by atoms with Crippen molar-refractivity contribution in [2.24, 2.45) is 0 Å². The normalized spacial score (nSPS) is 14.4. The van der Waals surface area contributed by atoms with Gasteiger partial charge >= 0.3 is 0 Å². The van der Waals surface area contributed by atoms with Gasteiger partial charge in [0.2, 0.25) is 0 Å². The standard InChI is InChI=1S/C12H20N2/c1-6-8-13-11(5)9-12(7-2)14-10(3)4/h1-2,10-14H,8-9H2,3-5H3. The first-order valence-corrected chi connectivity index (χ1v) is 4.99. The number of hydrogen-bond donors (Lipinski definition) is 2. The van der Waals surface area contributed by atoms with E-state index in [0.717, 1.165) is 6.42 Å². The predicted octanol–water partition coefficient (Wildman–Crippen LogP) is 0.988. The van der Waals surface area contributed by atoms with Crippen molar-refractivity contribution in [2.75, 3.05) is 6.54 Å². The third kappa shape index (κ3) is 6.54. The molecule has 0 aromatic carbocycles. The van der Waals surface area contributed by atoms with Gasteiger partial charge in [-0.15, -0.1) is 12.8 Å². The number of nitrogens with one attached hydrogen (secondary N) is 2. The maximum absolute atomic E-state index is 5.42. The fourth-order valence-corrected chi connectivity index (χ4v) is 1.26. The van der Waals surface area contributed by atoms with E-state index in [9.17, 15) is 0 Å². The van der Waals surface area contributed by atoms with E-state index in [2.05, 4.69) is 43.2 Å². The molecule has 0 rings (SSSR count). The van der Waals surface area contributed by atoms with Gasteiger partial charge in [0.25, 0.3) is 0 Å². The molecule has 0 aliphatic heterocycles. The summed E-state index contributed by atoms with van der Waals surface area (Å²) in [6, 6.07) is 0.879. The SMILES string of the molecule is C#CCNC(C)CC(C#C)NC(C)C. The van der Waals surface area contributed by atoms with Crippen LogP contribution in [0, 0.1) is 24.7 Å². The summed E-state index contributed by atoms with van der Waals surface area (Å²) in [6.45, 7) is 6.86. The second-order valence-corrected chi connectivity index (χ2v) is 3.76. The Balaban J connectivity index is 3.82. The monoisotopic (exact) mass is 192 g/mol. The highest BCUT2D eigenvalue weighted by Gasteiger charge is 2.10. The summed E-state index contributed by atoms with van der Waals surface area (Å²) in [5.74, 6) is 5.29. The fraction of sp³-hybridized carbons (Fsp3) is 0.667. The molecule has 2 unspecified atom stereocenters. The molecule has 0 aromatic rings. The van der Waals surface area contributed by atoms with Gasteiger partial charge in [-0.25, -0.2) is 0 Å². The zero-order valence-electron chi connectivity index (χ0n) is 9.30. The second kappa shape index (κ2) is 7.44. The van der Waals surface area contributed by atoms with E-state index in [0.29, 0.717) is 18.6 Å². The molecule has 0 saturated carbocycles. The van der Waals surface area contributed by atoms with Crippen molar-refractivity contribution in [3.05, 3.63) is 0 Å². The van der Waals surface area contributed by atoms with E-state index in [1.165, 1.54) is 0 Å². The molecule has 0 aliphatic carbocycles. The van der Waals surface area contributed by atoms with E-state index in [1.54, 1.807) is 0 Å². The second-order valence-electron chi connectivity index (χ2n) is 3.76. The third-order valence-corrected chi connectivity index (χ3v) is 1.88. The lowest BCUT2D eigenvalue weighted by atomic mass is 10.1. The molecule has 0 spiro atoms. The van der Waals surface area contributed by atoms with Gasteiger partial charge in [-0.05, 0) is 27.2 Å². The van der Waals surface area contributed by atoms with Crippen LogP contribution in [0.15, 0.2) is 0 Å². The summed E-state index contributed by atoms with van der Waals surface area (Å²) in [5, 5.41) is 6.51. The summed E-state index contributed by atoms with van der Waals surface area (Å²) in [5.41, 5.74) is 0. The highest BCUT2D eigenvalue weighted by molar-refractivity contribution is 5.01. The highest BCUT2D eigenvalue weighted by atomic mass is 15.0. The van der Waals surface area contributed by atoms with Gasteiger partial charge in [0.15, 0.2) is 0 Å². The van der Waals surface area contributed by atoms with Crippen LogP contribution in [0.25, 0.3) is 0 Å². The van der Waals surface area contributed by atoms with Gasteiger partial charge < -0.3 is 10.6 Å². The Hall–Kier alpha value is -0.960. The molecule has 2 N–H and O–H groups in total. The van der Waals surface area contributed by atoms with Crippen LogP contribution in [0.4, 0.5) is 0 Å². The Morgan fingerprint density at radius 2 is 1.86 bits per heavy atom. The van der Waals surface area contributed by atoms with E-state index in [1.807, 2.05) is 0 Å². The summed E-state index contributed by atoms with van der Waals surface area (Å²) < 4.78 is 0. The van der Waals surface area contributed by atoms with Crippen LogP contribution in [0.1, 0.15) is 27.2 Å². The fourth-order valence-electron chi connectivity index (χ4n) is 1.26. The average molecular weight is 192 g/mol. The molecule has 2 atom stereocenters. The molecule has 0 fully saturated rings. The van der Waals surface area contributed by atoms with Gasteiger partial charge in [0.1, 0.15) is 0 Å². The average Bonchev–Trinajstić information content (AvgIpc) is 2.12. The van der Waals surface area contributed by atoms with E-state index < -0.39 is 0 Å². The van der Waals surface area contributed by atoms with Crippen LogP contribution in [0.5, 0.6) is 0 Å². The van der Waals surface area contributed by atoms with Crippen molar-refractivity contribution < 1.29 is 0 Å². The zero-order chi connectivity index (χ0) is 11.0. The first kappa shape index (κ1) is 13.0. The first-order chi connectivity index (χ1) is 6.60. The Bertz CT molecular complexity index is 219. The van der Waals surface area contributed by atoms with Crippen molar-refractivity contribution in [3.63, 3.8) is 0 Å². The minimum Gasteiger partial charge on any atom is -0.304 e. The highest BCUT2D eigenvalue weighted by Crippen LogP contribution is 1.98. The number of terminal acetylenes is 2. The minimum atomic E-state index is 0.121. The quantitative estimate of drug-likeness (QED) is 0.613. The van der Waals surface area contributed by atoms with Gasteiger partial charge in [-0.2, -0.15) is 0 Å². The Morgan fingerprint density at radius 1 is 1.21 bits per heavy atom. The first-order valence-electron chi connectivity index (χ1n) is 4.99. The Morgan fingerprint density at radius 3 is 2.29 bits per heavy atom. The van der Waals surface area contributed by atoms with Crippen molar-refractivity contribution in [1.82, 2.24) is 10.6 Å². The molecule has 0 heterocycles. The lowest BCUT2D eigenvalue weighted by Gasteiger charge is -2.20. The predicted molar refractivity (Wildman–Crippen MR) is 61.8 cm³/mol. The van der Waals surface area contributed by atoms with E-state index >= 15 is 0 Å². The zero-order valence-corrected chi connectivity index (χ0v) is 9.30. The molecule has 0 saturated heterocycles. The van der Waals surface area contributed by atoms with Gasteiger partial charge in [0, 0.05) is 12.1 Å². The minimum absolute atomic E-state index is 0.121. The van der Waals surface area contributed by atoms with Crippen LogP contribution in [-0.4, -0.2) is 24.7 Å². The van der Waals surface area contributed by atoms with Crippen molar-refractivity contribution in [1.29, 1.82) is 0 Å². The molecule has 78 valence electrons. The summed E-state index contributed by atoms with van der Waals surface area (Å²) in [4.78, 5) is 0. The Kier molecular flexibility index (Phi) is 6.93. The van der Waals surface area contributed by atoms with Crippen LogP contribution in [-0.2, 0) is 0 Å². The molecule has 0 bridgehead atoms. The van der Waals surface area contributed by atoms with Crippen LogP contribution < -0.4 is 10.6 Å². The molecule has 0 aliphatic rings. The van der Waals surface area contributed by atoms with Gasteiger partial charge in [-0.1, -0.05) is 11.8 Å². The lowest BCUT2D eigenvalue weighted by molar-refractivity contribution is 0.446. The third-order valence-electron chi connectivity index (χ3n) is 1.88. The van der Waals surface area contributed by atoms with Gasteiger partial charge in [0.05, 0.1) is 12.6 Å². The molecule has 2 nitrogen and oxygen atoms in total. The van der Waals surface area contributed by atoms with Crippen LogP contribution in [0.2, 0.25) is 0 Å². The molecule has 0 amide bonds. The maximum atomic E-state index is 5.42. The number of rotatable bonds is 6. The summed E-state index contributed by atoms with van der Waals surface area (Å²) in [6.07, 6.45) is 11.5. The lowest BCUT2D eigenvalue weighted by Crippen LogP contribution is -2.39. The molecule has 14 heavy (non-hydrogen) atoms. The summed E-state index contributed by atoms with van der Waals surface area (Å²) >= 11 is 0. The van der Waals surface area contributed by atoms with Crippen molar-refractivity contribution in [3.8, 4) is 24.7 Å². The van der Waals surface area contributed by atoms with Gasteiger partial charge in [-0.3, -0.25) is 0 Å². The molecular formula is C12H20N2. The van der Waals surface area contributed by atoms with Crippen LogP contribution in [0.3, 0.4) is 0 Å².